The Morgan fingerprint density at radius 2 is 2.18 bits per heavy atom. The van der Waals surface area contributed by atoms with Crippen LogP contribution in [-0.2, 0) is 6.42 Å². The molecule has 2 atom stereocenters. The van der Waals surface area contributed by atoms with Crippen LogP contribution in [0.3, 0.4) is 0 Å². The Hall–Kier alpha value is -1.92. The zero-order chi connectivity index (χ0) is 15.7. The van der Waals surface area contributed by atoms with Crippen molar-refractivity contribution in [2.75, 3.05) is 23.7 Å². The smallest absolute Gasteiger partial charge is 0.222 e. The van der Waals surface area contributed by atoms with Gasteiger partial charge in [0.15, 0.2) is 5.82 Å². The molecular formula is C15H18ClN5O. The van der Waals surface area contributed by atoms with Crippen LogP contribution < -0.4 is 10.6 Å². The molecule has 2 aromatic rings. The lowest BCUT2D eigenvalue weighted by Crippen LogP contribution is -2.23. The van der Waals surface area contributed by atoms with E-state index in [-0.39, 0.29) is 11.9 Å². The Labute approximate surface area is 134 Å². The van der Waals surface area contributed by atoms with E-state index in [2.05, 4.69) is 15.0 Å². The SMILES string of the molecule is Cc1nc(N)nc(N2C[C@@H](Cc3ccccn3)[C@H](O)C2)c1Cl. The third kappa shape index (κ3) is 2.98. The second-order valence-electron chi connectivity index (χ2n) is 5.56. The highest BCUT2D eigenvalue weighted by Gasteiger charge is 2.33. The Kier molecular flexibility index (Phi) is 4.13. The van der Waals surface area contributed by atoms with Crippen molar-refractivity contribution in [1.82, 2.24) is 15.0 Å². The summed E-state index contributed by atoms with van der Waals surface area (Å²) < 4.78 is 0. The van der Waals surface area contributed by atoms with Gasteiger partial charge in [-0.05, 0) is 25.5 Å². The molecule has 2 aromatic heterocycles. The normalized spacial score (nSPS) is 21.3. The third-order valence-electron chi connectivity index (χ3n) is 3.92. The molecule has 0 radical (unpaired) electrons. The summed E-state index contributed by atoms with van der Waals surface area (Å²) in [4.78, 5) is 14.6. The van der Waals surface area contributed by atoms with Crippen LogP contribution in [0.1, 0.15) is 11.4 Å². The maximum absolute atomic E-state index is 10.3. The average molecular weight is 320 g/mol. The minimum atomic E-state index is -0.449. The maximum Gasteiger partial charge on any atom is 0.222 e. The predicted octanol–water partition coefficient (Wildman–Crippen LogP) is 1.46. The summed E-state index contributed by atoms with van der Waals surface area (Å²) in [5, 5.41) is 10.8. The molecule has 1 aliphatic rings. The summed E-state index contributed by atoms with van der Waals surface area (Å²) in [5.74, 6) is 0.872. The highest BCUT2D eigenvalue weighted by atomic mass is 35.5. The van der Waals surface area contributed by atoms with Gasteiger partial charge < -0.3 is 15.7 Å². The molecule has 0 unspecified atom stereocenters. The highest BCUT2D eigenvalue weighted by Crippen LogP contribution is 2.31. The van der Waals surface area contributed by atoms with Crippen molar-refractivity contribution in [3.63, 3.8) is 0 Å². The number of pyridine rings is 1. The topological polar surface area (TPSA) is 88.2 Å². The Morgan fingerprint density at radius 1 is 1.36 bits per heavy atom. The van der Waals surface area contributed by atoms with Crippen molar-refractivity contribution in [3.05, 3.63) is 40.8 Å². The van der Waals surface area contributed by atoms with Gasteiger partial charge in [-0.15, -0.1) is 0 Å². The number of nitrogens with zero attached hydrogens (tertiary/aromatic N) is 4. The van der Waals surface area contributed by atoms with Gasteiger partial charge in [0.1, 0.15) is 5.02 Å². The minimum absolute atomic E-state index is 0.0856. The minimum Gasteiger partial charge on any atom is -0.391 e. The molecule has 1 aliphatic heterocycles. The number of halogens is 1. The third-order valence-corrected chi connectivity index (χ3v) is 4.36. The molecule has 1 saturated heterocycles. The summed E-state index contributed by atoms with van der Waals surface area (Å²) in [6, 6.07) is 5.80. The van der Waals surface area contributed by atoms with Gasteiger partial charge in [-0.1, -0.05) is 17.7 Å². The van der Waals surface area contributed by atoms with Crippen LogP contribution in [0.4, 0.5) is 11.8 Å². The van der Waals surface area contributed by atoms with Gasteiger partial charge in [-0.2, -0.15) is 4.98 Å². The molecule has 22 heavy (non-hydrogen) atoms. The fraction of sp³-hybridized carbons (Fsp3) is 0.400. The number of hydrogen-bond acceptors (Lipinski definition) is 6. The zero-order valence-electron chi connectivity index (χ0n) is 12.3. The van der Waals surface area contributed by atoms with Crippen molar-refractivity contribution in [2.24, 2.45) is 5.92 Å². The number of hydrogen-bond donors (Lipinski definition) is 2. The van der Waals surface area contributed by atoms with E-state index >= 15 is 0 Å². The molecule has 0 saturated carbocycles. The molecule has 3 rings (SSSR count). The molecule has 0 aromatic carbocycles. The molecule has 7 heteroatoms. The second kappa shape index (κ2) is 6.06. The number of aliphatic hydroxyl groups is 1. The van der Waals surface area contributed by atoms with Crippen molar-refractivity contribution in [1.29, 1.82) is 0 Å². The second-order valence-corrected chi connectivity index (χ2v) is 5.94. The van der Waals surface area contributed by atoms with Gasteiger partial charge in [-0.25, -0.2) is 4.98 Å². The van der Waals surface area contributed by atoms with Crippen LogP contribution in [0.25, 0.3) is 0 Å². The van der Waals surface area contributed by atoms with Crippen LogP contribution in [0.5, 0.6) is 0 Å². The Morgan fingerprint density at radius 3 is 2.91 bits per heavy atom. The number of nitrogen functional groups attached to an aromatic ring is 1. The number of β-amino-alcohol motifs (C(OH)–C–C–N with tert-alkyl or cyclic N) is 1. The van der Waals surface area contributed by atoms with Crippen molar-refractivity contribution < 1.29 is 5.11 Å². The predicted molar refractivity (Wildman–Crippen MR) is 85.8 cm³/mol. The summed E-state index contributed by atoms with van der Waals surface area (Å²) in [6.07, 6.45) is 2.03. The summed E-state index contributed by atoms with van der Waals surface area (Å²) in [6.45, 7) is 2.93. The molecule has 0 spiro atoms. The van der Waals surface area contributed by atoms with E-state index in [4.69, 9.17) is 17.3 Å². The van der Waals surface area contributed by atoms with Gasteiger partial charge in [0.2, 0.25) is 5.95 Å². The number of anilines is 2. The lowest BCUT2D eigenvalue weighted by Gasteiger charge is -2.19. The first-order chi connectivity index (χ1) is 10.5. The molecule has 0 bridgehead atoms. The Balaban J connectivity index is 1.79. The van der Waals surface area contributed by atoms with Crippen LogP contribution in [-0.4, -0.2) is 39.3 Å². The average Bonchev–Trinajstić information content (AvgIpc) is 2.85. The van der Waals surface area contributed by atoms with E-state index < -0.39 is 6.10 Å². The van der Waals surface area contributed by atoms with Gasteiger partial charge in [0, 0.05) is 30.9 Å². The number of aliphatic hydroxyl groups excluding tert-OH is 1. The van der Waals surface area contributed by atoms with Crippen molar-refractivity contribution in [3.8, 4) is 0 Å². The molecule has 0 aliphatic carbocycles. The molecule has 0 amide bonds. The monoisotopic (exact) mass is 319 g/mol. The van der Waals surface area contributed by atoms with Gasteiger partial charge in [0.25, 0.3) is 0 Å². The number of nitrogens with two attached hydrogens (primary N) is 1. The van der Waals surface area contributed by atoms with E-state index in [1.165, 1.54) is 0 Å². The fourth-order valence-electron chi connectivity index (χ4n) is 2.79. The quantitative estimate of drug-likeness (QED) is 0.890. The Bertz CT molecular complexity index is 666. The van der Waals surface area contributed by atoms with Crippen LogP contribution in [0.15, 0.2) is 24.4 Å². The van der Waals surface area contributed by atoms with Crippen molar-refractivity contribution >= 4 is 23.4 Å². The summed E-state index contributed by atoms with van der Waals surface area (Å²) >= 11 is 6.28. The van der Waals surface area contributed by atoms with E-state index in [1.54, 1.807) is 13.1 Å². The largest absolute Gasteiger partial charge is 0.391 e. The van der Waals surface area contributed by atoms with Crippen LogP contribution >= 0.6 is 11.6 Å². The molecule has 1 fully saturated rings. The lowest BCUT2D eigenvalue weighted by molar-refractivity contribution is 0.148. The highest BCUT2D eigenvalue weighted by molar-refractivity contribution is 6.33. The maximum atomic E-state index is 10.3. The molecule has 6 nitrogen and oxygen atoms in total. The first-order valence-electron chi connectivity index (χ1n) is 7.17. The van der Waals surface area contributed by atoms with E-state index in [0.29, 0.717) is 29.6 Å². The van der Waals surface area contributed by atoms with E-state index in [0.717, 1.165) is 12.1 Å². The van der Waals surface area contributed by atoms with E-state index in [1.807, 2.05) is 23.1 Å². The number of aryl methyl sites for hydroxylation is 1. The van der Waals surface area contributed by atoms with E-state index in [9.17, 15) is 5.11 Å². The van der Waals surface area contributed by atoms with Gasteiger partial charge >= 0.3 is 0 Å². The fourth-order valence-corrected chi connectivity index (χ4v) is 2.99. The summed E-state index contributed by atoms with van der Waals surface area (Å²) in [5.41, 5.74) is 7.32. The molecular weight excluding hydrogens is 302 g/mol. The number of aromatic nitrogens is 3. The van der Waals surface area contributed by atoms with Gasteiger partial charge in [-0.3, -0.25) is 4.98 Å². The van der Waals surface area contributed by atoms with Crippen molar-refractivity contribution in [2.45, 2.75) is 19.4 Å². The zero-order valence-corrected chi connectivity index (χ0v) is 13.0. The van der Waals surface area contributed by atoms with Crippen LogP contribution in [0.2, 0.25) is 5.02 Å². The first kappa shape index (κ1) is 15.0. The number of rotatable bonds is 3. The first-order valence-corrected chi connectivity index (χ1v) is 7.55. The molecule has 3 heterocycles. The standard InChI is InChI=1S/C15H18ClN5O/c1-9-13(16)14(20-15(17)19-9)21-7-10(12(22)8-21)6-11-4-2-3-5-18-11/h2-5,10,12,22H,6-8H2,1H3,(H2,17,19,20)/t10-,12-/m1/s1. The van der Waals surface area contributed by atoms with Gasteiger partial charge in [0.05, 0.1) is 11.8 Å². The lowest BCUT2D eigenvalue weighted by atomic mass is 10.00. The summed E-state index contributed by atoms with van der Waals surface area (Å²) in [7, 11) is 0. The molecule has 116 valence electrons. The molecule has 3 N–H and O–H groups in total. The van der Waals surface area contributed by atoms with Crippen LogP contribution in [0, 0.1) is 12.8 Å².